The van der Waals surface area contributed by atoms with Crippen molar-refractivity contribution < 1.29 is 9.53 Å². The van der Waals surface area contributed by atoms with Crippen molar-refractivity contribution in [2.75, 3.05) is 0 Å². The fourth-order valence-corrected chi connectivity index (χ4v) is 0.894. The predicted octanol–water partition coefficient (Wildman–Crippen LogP) is 1.51. The number of carbonyl (C=O) groups is 1. The summed E-state index contributed by atoms with van der Waals surface area (Å²) in [6.45, 7) is 5.85. The normalized spacial score (nSPS) is 25.0. The highest BCUT2D eigenvalue weighted by molar-refractivity contribution is 5.90. The molecule has 0 bridgehead atoms. The summed E-state index contributed by atoms with van der Waals surface area (Å²) in [5.74, 6) is 0.222. The molecular formula is C8H12O2. The van der Waals surface area contributed by atoms with Crippen molar-refractivity contribution in [3.8, 4) is 0 Å². The molecule has 0 saturated carbocycles. The maximum Gasteiger partial charge on any atom is 0.334 e. The van der Waals surface area contributed by atoms with Gasteiger partial charge in [-0.2, -0.15) is 0 Å². The summed E-state index contributed by atoms with van der Waals surface area (Å²) in [7, 11) is 0. The van der Waals surface area contributed by atoms with Crippen LogP contribution in [0, 0.1) is 5.92 Å². The Kier molecular flexibility index (Phi) is 1.79. The Balaban J connectivity index is 2.65. The van der Waals surface area contributed by atoms with Crippen LogP contribution in [0.2, 0.25) is 0 Å². The third-order valence-electron chi connectivity index (χ3n) is 1.64. The average molecular weight is 140 g/mol. The Bertz CT molecular complexity index is 180. The van der Waals surface area contributed by atoms with Gasteiger partial charge in [-0.25, -0.2) is 4.79 Å². The molecular weight excluding hydrogens is 128 g/mol. The monoisotopic (exact) mass is 140 g/mol. The van der Waals surface area contributed by atoms with Crippen molar-refractivity contribution in [3.05, 3.63) is 11.6 Å². The number of rotatable bonds is 1. The molecule has 0 aromatic heterocycles. The first-order valence-corrected chi connectivity index (χ1v) is 3.50. The van der Waals surface area contributed by atoms with E-state index in [9.17, 15) is 4.79 Å². The van der Waals surface area contributed by atoms with E-state index in [1.807, 2.05) is 19.9 Å². The Hall–Kier alpha value is -0.790. The van der Waals surface area contributed by atoms with E-state index in [0.29, 0.717) is 5.92 Å². The van der Waals surface area contributed by atoms with E-state index in [1.165, 1.54) is 0 Å². The van der Waals surface area contributed by atoms with Gasteiger partial charge in [-0.05, 0) is 18.9 Å². The van der Waals surface area contributed by atoms with Crippen LogP contribution in [0.5, 0.6) is 0 Å². The van der Waals surface area contributed by atoms with Crippen molar-refractivity contribution in [1.29, 1.82) is 0 Å². The van der Waals surface area contributed by atoms with Gasteiger partial charge in [-0.1, -0.05) is 13.8 Å². The molecule has 1 aliphatic rings. The summed E-state index contributed by atoms with van der Waals surface area (Å²) in [5.41, 5.74) is 0.735. The topological polar surface area (TPSA) is 26.3 Å². The number of esters is 1. The lowest BCUT2D eigenvalue weighted by Gasteiger charge is -2.10. The Labute approximate surface area is 60.9 Å². The summed E-state index contributed by atoms with van der Waals surface area (Å²) in [5, 5.41) is 0. The molecule has 0 aromatic rings. The molecule has 0 fully saturated rings. The number of carbonyl (C=O) groups excluding carboxylic acids is 1. The zero-order chi connectivity index (χ0) is 7.72. The maximum absolute atomic E-state index is 10.8. The number of hydrogen-bond donors (Lipinski definition) is 0. The SMILES string of the molecule is CC1=CC(C(C)C)OC1=O. The summed E-state index contributed by atoms with van der Waals surface area (Å²) < 4.78 is 5.00. The van der Waals surface area contributed by atoms with Crippen LogP contribution in [-0.2, 0) is 9.53 Å². The molecule has 0 spiro atoms. The third-order valence-corrected chi connectivity index (χ3v) is 1.64. The van der Waals surface area contributed by atoms with E-state index in [-0.39, 0.29) is 12.1 Å². The zero-order valence-electron chi connectivity index (χ0n) is 6.55. The molecule has 0 aromatic carbocycles. The van der Waals surface area contributed by atoms with Crippen LogP contribution in [0.3, 0.4) is 0 Å². The van der Waals surface area contributed by atoms with Crippen molar-refractivity contribution in [2.45, 2.75) is 26.9 Å². The van der Waals surface area contributed by atoms with Crippen LogP contribution in [0.15, 0.2) is 11.6 Å². The van der Waals surface area contributed by atoms with E-state index < -0.39 is 0 Å². The van der Waals surface area contributed by atoms with Gasteiger partial charge in [-0.3, -0.25) is 0 Å². The molecule has 0 N–H and O–H groups in total. The Morgan fingerprint density at radius 2 is 2.20 bits per heavy atom. The molecule has 10 heavy (non-hydrogen) atoms. The highest BCUT2D eigenvalue weighted by Gasteiger charge is 2.24. The predicted molar refractivity (Wildman–Crippen MR) is 38.5 cm³/mol. The van der Waals surface area contributed by atoms with E-state index >= 15 is 0 Å². The smallest absolute Gasteiger partial charge is 0.334 e. The molecule has 0 radical (unpaired) electrons. The molecule has 0 saturated heterocycles. The van der Waals surface area contributed by atoms with Gasteiger partial charge in [0, 0.05) is 5.57 Å². The van der Waals surface area contributed by atoms with Crippen LogP contribution in [0.4, 0.5) is 0 Å². The van der Waals surface area contributed by atoms with E-state index in [1.54, 1.807) is 6.92 Å². The van der Waals surface area contributed by atoms with Gasteiger partial charge in [0.15, 0.2) is 0 Å². The standard InChI is InChI=1S/C8H12O2/c1-5(2)7-4-6(3)8(9)10-7/h4-5,7H,1-3H3. The van der Waals surface area contributed by atoms with Crippen LogP contribution >= 0.6 is 0 Å². The van der Waals surface area contributed by atoms with Crippen molar-refractivity contribution in [1.82, 2.24) is 0 Å². The molecule has 1 unspecified atom stereocenters. The van der Waals surface area contributed by atoms with Gasteiger partial charge in [0.1, 0.15) is 6.10 Å². The fourth-order valence-electron chi connectivity index (χ4n) is 0.894. The van der Waals surface area contributed by atoms with Crippen LogP contribution < -0.4 is 0 Å². The second-order valence-corrected chi connectivity index (χ2v) is 2.96. The minimum Gasteiger partial charge on any atom is -0.454 e. The van der Waals surface area contributed by atoms with E-state index in [4.69, 9.17) is 4.74 Å². The molecule has 56 valence electrons. The molecule has 1 rings (SSSR count). The average Bonchev–Trinajstić information content (AvgIpc) is 2.13. The number of ether oxygens (including phenoxy) is 1. The molecule has 1 atom stereocenters. The third kappa shape index (κ3) is 1.20. The minimum absolute atomic E-state index is 0.00694. The van der Waals surface area contributed by atoms with Crippen molar-refractivity contribution >= 4 is 5.97 Å². The lowest BCUT2D eigenvalue weighted by atomic mass is 10.1. The number of hydrogen-bond acceptors (Lipinski definition) is 2. The summed E-state index contributed by atoms with van der Waals surface area (Å²) >= 11 is 0. The van der Waals surface area contributed by atoms with Crippen LogP contribution in [0.25, 0.3) is 0 Å². The maximum atomic E-state index is 10.8. The van der Waals surface area contributed by atoms with Gasteiger partial charge in [0.05, 0.1) is 0 Å². The van der Waals surface area contributed by atoms with E-state index in [0.717, 1.165) is 5.57 Å². The summed E-state index contributed by atoms with van der Waals surface area (Å²) in [4.78, 5) is 10.8. The molecule has 0 amide bonds. The summed E-state index contributed by atoms with van der Waals surface area (Å²) in [6, 6.07) is 0. The lowest BCUT2D eigenvalue weighted by Crippen LogP contribution is -2.14. The number of cyclic esters (lactones) is 1. The zero-order valence-corrected chi connectivity index (χ0v) is 6.55. The first-order chi connectivity index (χ1) is 4.61. The fraction of sp³-hybridized carbons (Fsp3) is 0.625. The second-order valence-electron chi connectivity index (χ2n) is 2.96. The van der Waals surface area contributed by atoms with Gasteiger partial charge < -0.3 is 4.74 Å². The minimum atomic E-state index is -0.168. The molecule has 1 heterocycles. The Morgan fingerprint density at radius 1 is 1.60 bits per heavy atom. The molecule has 1 aliphatic heterocycles. The van der Waals surface area contributed by atoms with Crippen LogP contribution in [-0.4, -0.2) is 12.1 Å². The first-order valence-electron chi connectivity index (χ1n) is 3.50. The highest BCUT2D eigenvalue weighted by Crippen LogP contribution is 2.18. The lowest BCUT2D eigenvalue weighted by molar-refractivity contribution is -0.140. The van der Waals surface area contributed by atoms with Gasteiger partial charge in [0.25, 0.3) is 0 Å². The van der Waals surface area contributed by atoms with E-state index in [2.05, 4.69) is 0 Å². The van der Waals surface area contributed by atoms with Crippen molar-refractivity contribution in [3.63, 3.8) is 0 Å². The Morgan fingerprint density at radius 3 is 2.40 bits per heavy atom. The highest BCUT2D eigenvalue weighted by atomic mass is 16.5. The largest absolute Gasteiger partial charge is 0.454 e. The summed E-state index contributed by atoms with van der Waals surface area (Å²) in [6.07, 6.45) is 1.89. The van der Waals surface area contributed by atoms with Crippen molar-refractivity contribution in [2.24, 2.45) is 5.92 Å². The van der Waals surface area contributed by atoms with Gasteiger partial charge in [-0.15, -0.1) is 0 Å². The second kappa shape index (κ2) is 2.45. The molecule has 2 heteroatoms. The van der Waals surface area contributed by atoms with Gasteiger partial charge in [0.2, 0.25) is 0 Å². The quantitative estimate of drug-likeness (QED) is 0.516. The molecule has 0 aliphatic carbocycles. The van der Waals surface area contributed by atoms with Crippen LogP contribution in [0.1, 0.15) is 20.8 Å². The van der Waals surface area contributed by atoms with Gasteiger partial charge >= 0.3 is 5.97 Å². The first kappa shape index (κ1) is 7.32. The molecule has 2 nitrogen and oxygen atoms in total.